The Morgan fingerprint density at radius 3 is 2.55 bits per heavy atom. The lowest BCUT2D eigenvalue weighted by Gasteiger charge is -2.39. The van der Waals surface area contributed by atoms with E-state index in [1.807, 2.05) is 55.1 Å². The summed E-state index contributed by atoms with van der Waals surface area (Å²) in [6.45, 7) is 5.95. The van der Waals surface area contributed by atoms with Gasteiger partial charge in [-0.05, 0) is 44.5 Å². The number of ketones is 1. The van der Waals surface area contributed by atoms with Gasteiger partial charge in [0.05, 0.1) is 34.5 Å². The third kappa shape index (κ3) is 2.22. The summed E-state index contributed by atoms with van der Waals surface area (Å²) < 4.78 is 8.22. The summed E-state index contributed by atoms with van der Waals surface area (Å²) in [5.74, 6) is -0.210. The van der Waals surface area contributed by atoms with Crippen LogP contribution >= 0.6 is 23.8 Å². The number of amides is 1. The first-order valence-electron chi connectivity index (χ1n) is 9.21. The maximum absolute atomic E-state index is 12.8. The average Bonchev–Trinajstić information content (AvgIpc) is 3.17. The molecule has 0 unspecified atom stereocenters. The molecule has 0 fully saturated rings. The molecule has 7 heteroatoms. The minimum Gasteiger partial charge on any atom is -0.495 e. The highest BCUT2D eigenvalue weighted by molar-refractivity contribution is 7.71. The second-order valence-corrected chi connectivity index (χ2v) is 9.14. The van der Waals surface area contributed by atoms with Gasteiger partial charge in [0.15, 0.2) is 0 Å². The molecule has 0 bridgehead atoms. The molecule has 1 amide bonds. The van der Waals surface area contributed by atoms with Gasteiger partial charge in [-0.1, -0.05) is 41.9 Å². The largest absolute Gasteiger partial charge is 0.495 e. The van der Waals surface area contributed by atoms with E-state index in [1.54, 1.807) is 18.1 Å². The number of aromatic nitrogens is 1. The van der Waals surface area contributed by atoms with Gasteiger partial charge < -0.3 is 4.74 Å². The summed E-state index contributed by atoms with van der Waals surface area (Å²) in [6, 6.07) is 11.4. The molecule has 146 valence electrons. The third-order valence-corrected chi connectivity index (χ3v) is 7.60. The summed E-state index contributed by atoms with van der Waals surface area (Å²) in [4.78, 5) is 28.0. The van der Waals surface area contributed by atoms with E-state index < -0.39 is 17.2 Å². The van der Waals surface area contributed by atoms with Gasteiger partial charge in [-0.15, -0.1) is 0 Å². The Morgan fingerprint density at radius 1 is 1.10 bits per heavy atom. The fourth-order valence-corrected chi connectivity index (χ4v) is 5.97. The Kier molecular flexibility index (Phi) is 3.70. The van der Waals surface area contributed by atoms with E-state index in [1.165, 1.54) is 11.5 Å². The molecule has 2 aliphatic heterocycles. The van der Waals surface area contributed by atoms with Crippen LogP contribution in [0.2, 0.25) is 0 Å². The molecular weight excluding hydrogens is 404 g/mol. The number of nitrogens with zero attached hydrogens (tertiary/aromatic N) is 2. The van der Waals surface area contributed by atoms with E-state index in [9.17, 15) is 9.59 Å². The fourth-order valence-electron chi connectivity index (χ4n) is 4.27. The van der Waals surface area contributed by atoms with Crippen LogP contribution in [0.15, 0.2) is 36.4 Å². The fraction of sp³-hybridized carbons (Fsp3) is 0.227. The molecule has 2 aromatic carbocycles. The summed E-state index contributed by atoms with van der Waals surface area (Å²) >= 11 is 7.41. The maximum Gasteiger partial charge on any atom is 0.300 e. The van der Waals surface area contributed by atoms with Gasteiger partial charge in [-0.3, -0.25) is 18.4 Å². The molecule has 0 saturated carbocycles. The zero-order valence-corrected chi connectivity index (χ0v) is 18.0. The van der Waals surface area contributed by atoms with E-state index in [-0.39, 0.29) is 0 Å². The quantitative estimate of drug-likeness (QED) is 0.429. The highest BCUT2D eigenvalue weighted by atomic mass is 32.1. The van der Waals surface area contributed by atoms with Crippen molar-refractivity contribution < 1.29 is 14.3 Å². The number of carbonyl (C=O) groups excluding carboxylic acids is 2. The number of benzene rings is 2. The Labute approximate surface area is 177 Å². The topological polar surface area (TPSA) is 51.5 Å². The first kappa shape index (κ1) is 18.3. The number of hydrogen-bond donors (Lipinski definition) is 0. The van der Waals surface area contributed by atoms with Crippen molar-refractivity contribution in [2.24, 2.45) is 0 Å². The van der Waals surface area contributed by atoms with Gasteiger partial charge in [0.25, 0.3) is 11.7 Å². The number of methoxy groups -OCH3 is 1. The van der Waals surface area contributed by atoms with Crippen LogP contribution in [0.4, 0.5) is 5.69 Å². The van der Waals surface area contributed by atoms with Gasteiger partial charge >= 0.3 is 0 Å². The number of para-hydroxylation sites is 1. The Bertz CT molecular complexity index is 1300. The highest BCUT2D eigenvalue weighted by Gasteiger charge is 2.51. The summed E-state index contributed by atoms with van der Waals surface area (Å²) in [6.07, 6.45) is 0. The highest BCUT2D eigenvalue weighted by Crippen LogP contribution is 2.54. The van der Waals surface area contributed by atoms with Crippen molar-refractivity contribution >= 4 is 41.1 Å². The predicted molar refractivity (Wildman–Crippen MR) is 116 cm³/mol. The van der Waals surface area contributed by atoms with E-state index >= 15 is 0 Å². The van der Waals surface area contributed by atoms with E-state index in [0.717, 1.165) is 33.0 Å². The molecule has 5 rings (SSSR count). The molecule has 0 aliphatic carbocycles. The number of Topliss-reactive ketones (excluding diaryl/α,β-unsaturated/α-hetero) is 1. The second-order valence-electron chi connectivity index (χ2n) is 7.80. The molecule has 2 aliphatic rings. The first-order chi connectivity index (χ1) is 13.8. The minimum atomic E-state index is -0.692. The van der Waals surface area contributed by atoms with Crippen LogP contribution in [0.1, 0.15) is 34.6 Å². The number of hydrogen-bond acceptors (Lipinski definition) is 5. The van der Waals surface area contributed by atoms with E-state index in [4.69, 9.17) is 17.0 Å². The lowest BCUT2D eigenvalue weighted by molar-refractivity contribution is -0.115. The van der Waals surface area contributed by atoms with Crippen LogP contribution in [0, 0.1) is 11.6 Å². The Hall–Kier alpha value is -2.77. The maximum atomic E-state index is 12.8. The molecule has 5 nitrogen and oxygen atoms in total. The van der Waals surface area contributed by atoms with Crippen molar-refractivity contribution in [3.63, 3.8) is 0 Å². The minimum absolute atomic E-state index is 0.450. The van der Waals surface area contributed by atoms with Crippen LogP contribution in [-0.2, 0) is 10.3 Å². The number of ether oxygens (including phenoxy) is 1. The van der Waals surface area contributed by atoms with Crippen LogP contribution in [-0.4, -0.2) is 22.8 Å². The van der Waals surface area contributed by atoms with Crippen LogP contribution < -0.4 is 9.64 Å². The van der Waals surface area contributed by atoms with Gasteiger partial charge in [-0.2, -0.15) is 0 Å². The molecule has 0 atom stereocenters. The predicted octanol–water partition coefficient (Wildman–Crippen LogP) is 5.03. The van der Waals surface area contributed by atoms with E-state index in [2.05, 4.69) is 0 Å². The molecule has 3 heterocycles. The number of anilines is 1. The Balaban J connectivity index is 1.87. The second kappa shape index (κ2) is 5.87. The number of rotatable bonds is 2. The van der Waals surface area contributed by atoms with Crippen molar-refractivity contribution in [2.45, 2.75) is 26.3 Å². The molecule has 0 saturated heterocycles. The van der Waals surface area contributed by atoms with Crippen molar-refractivity contribution in [1.29, 1.82) is 0 Å². The lowest BCUT2D eigenvalue weighted by Crippen LogP contribution is -2.46. The molecule has 0 radical (unpaired) electrons. The normalized spacial score (nSPS) is 16.1. The first-order valence-corrected chi connectivity index (χ1v) is 10.4. The SMILES string of the molecule is COc1ccc(C)cc1-n1sc2c(c1=S)-c1cccc3c1N(C(=O)C3=O)C2(C)C. The number of aryl methyl sites for hydroxylation is 1. The zero-order chi connectivity index (χ0) is 20.7. The third-order valence-electron chi connectivity index (χ3n) is 5.65. The number of fused-ring (bicyclic) bond motifs is 2. The number of carbonyl (C=O) groups is 2. The monoisotopic (exact) mass is 422 g/mol. The van der Waals surface area contributed by atoms with Crippen molar-refractivity contribution in [2.75, 3.05) is 12.0 Å². The Morgan fingerprint density at radius 2 is 1.83 bits per heavy atom. The van der Waals surface area contributed by atoms with Crippen molar-refractivity contribution in [3.05, 3.63) is 57.0 Å². The van der Waals surface area contributed by atoms with Gasteiger partial charge in [0.2, 0.25) is 0 Å². The summed E-state index contributed by atoms with van der Waals surface area (Å²) in [5, 5.41) is 0. The molecule has 3 aromatic rings. The molecular formula is C22H18N2O3S2. The molecule has 0 spiro atoms. The van der Waals surface area contributed by atoms with Gasteiger partial charge in [0, 0.05) is 11.1 Å². The van der Waals surface area contributed by atoms with Crippen LogP contribution in [0.3, 0.4) is 0 Å². The zero-order valence-electron chi connectivity index (χ0n) is 16.4. The average molecular weight is 423 g/mol. The van der Waals surface area contributed by atoms with Crippen molar-refractivity contribution in [3.8, 4) is 22.6 Å². The molecule has 0 N–H and O–H groups in total. The summed E-state index contributed by atoms with van der Waals surface area (Å²) in [5.41, 5.74) is 4.15. The van der Waals surface area contributed by atoms with Crippen LogP contribution in [0.25, 0.3) is 16.8 Å². The lowest BCUT2D eigenvalue weighted by atomic mass is 9.88. The van der Waals surface area contributed by atoms with Crippen molar-refractivity contribution in [1.82, 2.24) is 3.96 Å². The van der Waals surface area contributed by atoms with E-state index in [0.29, 0.717) is 15.9 Å². The molecule has 1 aromatic heterocycles. The standard InChI is InChI=1S/C22H18N2O3S2/c1-11-8-9-15(27-4)14(10-11)24-21(28)16-12-6-5-7-13-17(12)23(20(26)18(13)25)22(2,3)19(16)29-24/h5-10H,1-4H3. The van der Waals surface area contributed by atoms with Gasteiger partial charge in [-0.25, -0.2) is 0 Å². The van der Waals surface area contributed by atoms with Gasteiger partial charge in [0.1, 0.15) is 10.4 Å². The summed E-state index contributed by atoms with van der Waals surface area (Å²) in [7, 11) is 1.64. The smallest absolute Gasteiger partial charge is 0.300 e. The molecule has 29 heavy (non-hydrogen) atoms. The van der Waals surface area contributed by atoms with Crippen LogP contribution in [0.5, 0.6) is 5.75 Å².